The summed E-state index contributed by atoms with van der Waals surface area (Å²) in [5.74, 6) is -13.5. The van der Waals surface area contributed by atoms with Crippen LogP contribution in [-0.4, -0.2) is 22.9 Å². The van der Waals surface area contributed by atoms with Crippen LogP contribution in [0.1, 0.15) is 0 Å². The zero-order valence-corrected chi connectivity index (χ0v) is 4.81. The quantitative estimate of drug-likeness (QED) is 0.627. The lowest BCUT2D eigenvalue weighted by molar-refractivity contribution is -0.205. The zero-order valence-electron chi connectivity index (χ0n) is 4.81. The first-order valence-electron chi connectivity index (χ1n) is 2.16. The summed E-state index contributed by atoms with van der Waals surface area (Å²) >= 11 is 0. The summed E-state index contributed by atoms with van der Waals surface area (Å²) in [5.41, 5.74) is 0. The maximum Gasteiger partial charge on any atom is 0.418 e. The maximum absolute atomic E-state index is 11.8. The predicted octanol–water partition coefficient (Wildman–Crippen LogP) is 0.865. The van der Waals surface area contributed by atoms with Gasteiger partial charge in [0, 0.05) is 0 Å². The number of alkyl halides is 4. The summed E-state index contributed by atoms with van der Waals surface area (Å²) in [6.07, 6.45) is 0. The summed E-state index contributed by atoms with van der Waals surface area (Å²) in [4.78, 5) is 9.45. The summed E-state index contributed by atoms with van der Waals surface area (Å²) in [7, 11) is 0. The molecule has 7 heteroatoms. The molecule has 0 bridgehead atoms. The van der Waals surface area contributed by atoms with Gasteiger partial charge in [0.2, 0.25) is 0 Å². The number of nitriles is 1. The van der Waals surface area contributed by atoms with Gasteiger partial charge in [-0.1, -0.05) is 0 Å². The molecular weight excluding hydrogens is 170 g/mol. The van der Waals surface area contributed by atoms with E-state index < -0.39 is 17.8 Å². The van der Waals surface area contributed by atoms with E-state index in [2.05, 4.69) is 0 Å². The summed E-state index contributed by atoms with van der Waals surface area (Å²) in [6, 6.07) is -0.101. The van der Waals surface area contributed by atoms with Gasteiger partial charge in [0.25, 0.3) is 0 Å². The molecule has 62 valence electrons. The predicted molar refractivity (Wildman–Crippen MR) is 23.1 cm³/mol. The number of nitrogens with zero attached hydrogens (tertiary/aromatic N) is 1. The second-order valence-corrected chi connectivity index (χ2v) is 1.57. The Balaban J connectivity index is 4.86. The number of rotatable bonds is 2. The van der Waals surface area contributed by atoms with Gasteiger partial charge in [-0.2, -0.15) is 22.8 Å². The fraction of sp³-hybridized carbons (Fsp3) is 0.500. The van der Waals surface area contributed by atoms with E-state index in [1.807, 2.05) is 0 Å². The molecular formula is C4HF4NO2. The molecule has 3 nitrogen and oxygen atoms in total. The second kappa shape index (κ2) is 2.38. The monoisotopic (exact) mass is 171 g/mol. The lowest BCUT2D eigenvalue weighted by Gasteiger charge is -2.14. The average Bonchev–Trinajstić information content (AvgIpc) is 1.87. The van der Waals surface area contributed by atoms with Gasteiger partial charge < -0.3 is 5.11 Å². The van der Waals surface area contributed by atoms with E-state index in [0.29, 0.717) is 0 Å². The molecule has 0 saturated heterocycles. The number of aliphatic carboxylic acids is 1. The first-order valence-corrected chi connectivity index (χ1v) is 2.16. The molecule has 0 heterocycles. The van der Waals surface area contributed by atoms with E-state index in [9.17, 15) is 22.4 Å². The number of carbonyl (C=O) groups is 1. The molecule has 0 spiro atoms. The largest absolute Gasteiger partial charge is 0.477 e. The minimum absolute atomic E-state index is 0.101. The van der Waals surface area contributed by atoms with E-state index in [1.54, 1.807) is 0 Å². The van der Waals surface area contributed by atoms with Crippen molar-refractivity contribution in [2.24, 2.45) is 0 Å². The van der Waals surface area contributed by atoms with Crippen LogP contribution in [-0.2, 0) is 4.79 Å². The Morgan fingerprint density at radius 3 is 1.82 bits per heavy atom. The Morgan fingerprint density at radius 1 is 1.36 bits per heavy atom. The zero-order chi connectivity index (χ0) is 9.28. The van der Waals surface area contributed by atoms with Crippen molar-refractivity contribution in [1.82, 2.24) is 0 Å². The smallest absolute Gasteiger partial charge is 0.418 e. The average molecular weight is 171 g/mol. The molecule has 0 aliphatic rings. The van der Waals surface area contributed by atoms with Gasteiger partial charge in [-0.3, -0.25) is 0 Å². The van der Waals surface area contributed by atoms with Gasteiger partial charge >= 0.3 is 17.8 Å². The van der Waals surface area contributed by atoms with Crippen molar-refractivity contribution in [3.8, 4) is 6.07 Å². The molecule has 0 aromatic rings. The van der Waals surface area contributed by atoms with Gasteiger partial charge in [-0.05, 0) is 0 Å². The second-order valence-electron chi connectivity index (χ2n) is 1.57. The molecule has 0 aromatic carbocycles. The van der Waals surface area contributed by atoms with Crippen molar-refractivity contribution in [2.75, 3.05) is 0 Å². The molecule has 0 saturated carbocycles. The third-order valence-corrected chi connectivity index (χ3v) is 0.803. The van der Waals surface area contributed by atoms with Crippen LogP contribution >= 0.6 is 0 Å². The highest BCUT2D eigenvalue weighted by Gasteiger charge is 2.63. The SMILES string of the molecule is N#CC(F)(F)C(F)(F)C(=O)O. The van der Waals surface area contributed by atoms with Crippen molar-refractivity contribution in [2.45, 2.75) is 11.8 Å². The summed E-state index contributed by atoms with van der Waals surface area (Å²) < 4.78 is 46.9. The first-order chi connectivity index (χ1) is 4.75. The van der Waals surface area contributed by atoms with Gasteiger partial charge in [-0.15, -0.1) is 0 Å². The standard InChI is InChI=1S/C4HF4NO2/c5-3(6,1-9)4(7,8)2(10)11/h(H,10,11). The number of halogens is 4. The lowest BCUT2D eigenvalue weighted by Crippen LogP contribution is -2.45. The summed E-state index contributed by atoms with van der Waals surface area (Å²) in [6.45, 7) is 0. The van der Waals surface area contributed by atoms with E-state index in [1.165, 1.54) is 0 Å². The van der Waals surface area contributed by atoms with Crippen molar-refractivity contribution >= 4 is 5.97 Å². The molecule has 0 fully saturated rings. The van der Waals surface area contributed by atoms with Gasteiger partial charge in [0.15, 0.2) is 0 Å². The van der Waals surface area contributed by atoms with E-state index >= 15 is 0 Å². The molecule has 0 amide bonds. The molecule has 1 N–H and O–H groups in total. The van der Waals surface area contributed by atoms with Gasteiger partial charge in [0.05, 0.1) is 0 Å². The molecule has 0 aliphatic carbocycles. The number of hydrogen-bond acceptors (Lipinski definition) is 2. The Kier molecular flexibility index (Phi) is 2.09. The minimum Gasteiger partial charge on any atom is -0.477 e. The number of hydrogen-bond donors (Lipinski definition) is 1. The summed E-state index contributed by atoms with van der Waals surface area (Å²) in [5, 5.41) is 15.0. The third-order valence-electron chi connectivity index (χ3n) is 0.803. The molecule has 0 aromatic heterocycles. The fourth-order valence-electron chi connectivity index (χ4n) is 0.205. The van der Waals surface area contributed by atoms with E-state index in [-0.39, 0.29) is 6.07 Å². The van der Waals surface area contributed by atoms with E-state index in [4.69, 9.17) is 10.4 Å². The molecule has 0 atom stereocenters. The van der Waals surface area contributed by atoms with Crippen LogP contribution in [0.15, 0.2) is 0 Å². The first kappa shape index (κ1) is 9.68. The maximum atomic E-state index is 11.8. The number of carboxylic acid groups (broad SMARTS) is 1. The Morgan fingerprint density at radius 2 is 1.73 bits per heavy atom. The van der Waals surface area contributed by atoms with Crippen LogP contribution in [0.3, 0.4) is 0 Å². The Hall–Kier alpha value is -1.32. The molecule has 0 radical (unpaired) electrons. The highest BCUT2D eigenvalue weighted by atomic mass is 19.3. The third kappa shape index (κ3) is 1.39. The van der Waals surface area contributed by atoms with Crippen LogP contribution in [0.5, 0.6) is 0 Å². The topological polar surface area (TPSA) is 61.1 Å². The molecule has 0 rings (SSSR count). The van der Waals surface area contributed by atoms with Crippen molar-refractivity contribution in [3.63, 3.8) is 0 Å². The fourth-order valence-corrected chi connectivity index (χ4v) is 0.205. The highest BCUT2D eigenvalue weighted by Crippen LogP contribution is 2.33. The van der Waals surface area contributed by atoms with Gasteiger partial charge in [0.1, 0.15) is 6.07 Å². The Bertz CT molecular complexity index is 219. The van der Waals surface area contributed by atoms with Crippen LogP contribution in [0.4, 0.5) is 17.6 Å². The minimum atomic E-state index is -5.33. The Labute approximate surface area is 57.8 Å². The van der Waals surface area contributed by atoms with Crippen LogP contribution < -0.4 is 0 Å². The highest BCUT2D eigenvalue weighted by molar-refractivity contribution is 5.77. The molecule has 0 unspecified atom stereocenters. The molecule has 11 heavy (non-hydrogen) atoms. The molecule has 0 aliphatic heterocycles. The normalized spacial score (nSPS) is 12.3. The van der Waals surface area contributed by atoms with Crippen LogP contribution in [0.2, 0.25) is 0 Å². The van der Waals surface area contributed by atoms with Gasteiger partial charge in [-0.25, -0.2) is 4.79 Å². The van der Waals surface area contributed by atoms with Crippen molar-refractivity contribution in [3.05, 3.63) is 0 Å². The van der Waals surface area contributed by atoms with Crippen molar-refractivity contribution < 1.29 is 27.5 Å². The van der Waals surface area contributed by atoms with E-state index in [0.717, 1.165) is 0 Å². The lowest BCUT2D eigenvalue weighted by atomic mass is 10.2. The van der Waals surface area contributed by atoms with Crippen LogP contribution in [0.25, 0.3) is 0 Å². The van der Waals surface area contributed by atoms with Crippen LogP contribution in [0, 0.1) is 11.3 Å². The van der Waals surface area contributed by atoms with Crippen molar-refractivity contribution in [1.29, 1.82) is 5.26 Å². The number of carboxylic acids is 1.